The summed E-state index contributed by atoms with van der Waals surface area (Å²) in [6.45, 7) is 13.2. The fraction of sp³-hybridized carbons (Fsp3) is 1.00. The zero-order valence-corrected chi connectivity index (χ0v) is 11.5. The lowest BCUT2D eigenvalue weighted by molar-refractivity contribution is 0.0654. The lowest BCUT2D eigenvalue weighted by atomic mass is 9.88. The topological polar surface area (TPSA) is 15.3 Å². The van der Waals surface area contributed by atoms with Crippen LogP contribution in [0.2, 0.25) is 0 Å². The summed E-state index contributed by atoms with van der Waals surface area (Å²) >= 11 is 0. The van der Waals surface area contributed by atoms with Gasteiger partial charge in [0.2, 0.25) is 0 Å². The van der Waals surface area contributed by atoms with E-state index in [4.69, 9.17) is 0 Å². The third-order valence-corrected chi connectivity index (χ3v) is 4.94. The van der Waals surface area contributed by atoms with Gasteiger partial charge in [-0.25, -0.2) is 0 Å². The summed E-state index contributed by atoms with van der Waals surface area (Å²) < 4.78 is 0. The Morgan fingerprint density at radius 3 is 2.38 bits per heavy atom. The second-order valence-electron chi connectivity index (χ2n) is 6.43. The summed E-state index contributed by atoms with van der Waals surface area (Å²) in [6, 6.07) is 0.712. The van der Waals surface area contributed by atoms with Gasteiger partial charge >= 0.3 is 0 Å². The predicted molar refractivity (Wildman–Crippen MR) is 69.7 cm³/mol. The molecule has 2 aliphatic rings. The lowest BCUT2D eigenvalue weighted by Crippen LogP contribution is -2.63. The molecular weight excluding hydrogens is 196 g/mol. The highest BCUT2D eigenvalue weighted by Gasteiger charge is 2.43. The summed E-state index contributed by atoms with van der Waals surface area (Å²) in [5.41, 5.74) is 1.04. The smallest absolute Gasteiger partial charge is 0.0304 e. The summed E-state index contributed by atoms with van der Waals surface area (Å²) in [5, 5.41) is 3.78. The third kappa shape index (κ3) is 2.43. The van der Waals surface area contributed by atoms with E-state index in [1.54, 1.807) is 0 Å². The fourth-order valence-corrected chi connectivity index (χ4v) is 2.89. The molecule has 2 fully saturated rings. The van der Waals surface area contributed by atoms with Crippen molar-refractivity contribution in [1.82, 2.24) is 10.2 Å². The molecule has 1 unspecified atom stereocenters. The predicted octanol–water partition coefficient (Wildman–Crippen LogP) is 2.64. The molecule has 1 saturated heterocycles. The van der Waals surface area contributed by atoms with Gasteiger partial charge in [0.15, 0.2) is 0 Å². The van der Waals surface area contributed by atoms with Crippen molar-refractivity contribution in [3.8, 4) is 0 Å². The number of hydrogen-bond donors (Lipinski definition) is 1. The SMILES string of the molecule is CCC1(CC)CN(CC2(C)CC2)C(C)CN1. The van der Waals surface area contributed by atoms with Crippen molar-refractivity contribution in [2.24, 2.45) is 5.41 Å². The molecule has 2 heteroatoms. The number of piperazine rings is 1. The second kappa shape index (κ2) is 4.30. The van der Waals surface area contributed by atoms with Gasteiger partial charge in [0.05, 0.1) is 0 Å². The summed E-state index contributed by atoms with van der Waals surface area (Å²) in [4.78, 5) is 2.73. The van der Waals surface area contributed by atoms with Crippen LogP contribution in [-0.4, -0.2) is 36.1 Å². The first kappa shape index (κ1) is 12.4. The van der Waals surface area contributed by atoms with Crippen molar-refractivity contribution in [2.45, 2.75) is 65.0 Å². The third-order valence-electron chi connectivity index (χ3n) is 4.94. The largest absolute Gasteiger partial charge is 0.308 e. The lowest BCUT2D eigenvalue weighted by Gasteiger charge is -2.47. The Kier molecular flexibility index (Phi) is 3.33. The van der Waals surface area contributed by atoms with Gasteiger partial charge in [-0.15, -0.1) is 0 Å². The summed E-state index contributed by atoms with van der Waals surface area (Å²) in [5.74, 6) is 0. The Morgan fingerprint density at radius 2 is 1.88 bits per heavy atom. The molecule has 0 radical (unpaired) electrons. The average Bonchev–Trinajstić information content (AvgIpc) is 3.00. The van der Waals surface area contributed by atoms with Crippen LogP contribution in [0, 0.1) is 5.41 Å². The first-order chi connectivity index (χ1) is 7.52. The van der Waals surface area contributed by atoms with Crippen molar-refractivity contribution in [3.63, 3.8) is 0 Å². The van der Waals surface area contributed by atoms with E-state index in [0.717, 1.165) is 6.54 Å². The zero-order valence-electron chi connectivity index (χ0n) is 11.5. The highest BCUT2D eigenvalue weighted by atomic mass is 15.3. The van der Waals surface area contributed by atoms with Gasteiger partial charge < -0.3 is 5.32 Å². The first-order valence-corrected chi connectivity index (χ1v) is 7.02. The quantitative estimate of drug-likeness (QED) is 0.790. The van der Waals surface area contributed by atoms with E-state index in [9.17, 15) is 0 Å². The van der Waals surface area contributed by atoms with Crippen LogP contribution in [0.4, 0.5) is 0 Å². The van der Waals surface area contributed by atoms with Crippen molar-refractivity contribution in [1.29, 1.82) is 0 Å². The molecule has 0 spiro atoms. The molecule has 0 aromatic rings. The van der Waals surface area contributed by atoms with Crippen LogP contribution in [0.3, 0.4) is 0 Å². The highest BCUT2D eigenvalue weighted by molar-refractivity contribution is 4.99. The minimum atomic E-state index is 0.387. The molecule has 0 bridgehead atoms. The standard InChI is InChI=1S/C14H28N2/c1-5-14(6-2)11-16(12(3)9-15-14)10-13(4)7-8-13/h12,15H,5-11H2,1-4H3. The molecule has 1 N–H and O–H groups in total. The Morgan fingerprint density at radius 1 is 1.25 bits per heavy atom. The van der Waals surface area contributed by atoms with Gasteiger partial charge in [0.25, 0.3) is 0 Å². The van der Waals surface area contributed by atoms with Gasteiger partial charge in [-0.2, -0.15) is 0 Å². The number of rotatable bonds is 4. The van der Waals surface area contributed by atoms with Crippen LogP contribution in [0.15, 0.2) is 0 Å². The highest BCUT2D eigenvalue weighted by Crippen LogP contribution is 2.46. The van der Waals surface area contributed by atoms with E-state index in [1.807, 2.05) is 0 Å². The Labute approximate surface area is 101 Å². The Balaban J connectivity index is 1.99. The molecule has 16 heavy (non-hydrogen) atoms. The molecule has 1 heterocycles. The zero-order chi connectivity index (χ0) is 11.8. The average molecular weight is 224 g/mol. The van der Waals surface area contributed by atoms with E-state index in [-0.39, 0.29) is 0 Å². The minimum absolute atomic E-state index is 0.387. The van der Waals surface area contributed by atoms with E-state index in [2.05, 4.69) is 37.9 Å². The van der Waals surface area contributed by atoms with Crippen molar-refractivity contribution in [2.75, 3.05) is 19.6 Å². The van der Waals surface area contributed by atoms with Crippen LogP contribution < -0.4 is 5.32 Å². The molecule has 2 nitrogen and oxygen atoms in total. The Hall–Kier alpha value is -0.0800. The minimum Gasteiger partial charge on any atom is -0.308 e. The van der Waals surface area contributed by atoms with Crippen LogP contribution >= 0.6 is 0 Å². The molecule has 1 aliphatic heterocycles. The maximum atomic E-state index is 3.78. The maximum absolute atomic E-state index is 3.78. The normalized spacial score (nSPS) is 32.6. The van der Waals surface area contributed by atoms with E-state index in [1.165, 1.54) is 38.8 Å². The molecule has 1 atom stereocenters. The molecule has 94 valence electrons. The van der Waals surface area contributed by atoms with Crippen LogP contribution in [0.5, 0.6) is 0 Å². The van der Waals surface area contributed by atoms with Crippen LogP contribution in [0.25, 0.3) is 0 Å². The van der Waals surface area contributed by atoms with E-state index in [0.29, 0.717) is 17.0 Å². The first-order valence-electron chi connectivity index (χ1n) is 7.02. The molecular formula is C14H28N2. The monoisotopic (exact) mass is 224 g/mol. The molecule has 0 aromatic carbocycles. The van der Waals surface area contributed by atoms with Crippen LogP contribution in [0.1, 0.15) is 53.4 Å². The van der Waals surface area contributed by atoms with Crippen molar-refractivity contribution < 1.29 is 0 Å². The fourth-order valence-electron chi connectivity index (χ4n) is 2.89. The second-order valence-corrected chi connectivity index (χ2v) is 6.43. The number of nitrogens with one attached hydrogen (secondary N) is 1. The van der Waals surface area contributed by atoms with E-state index >= 15 is 0 Å². The molecule has 0 amide bonds. The van der Waals surface area contributed by atoms with E-state index < -0.39 is 0 Å². The number of hydrogen-bond acceptors (Lipinski definition) is 2. The van der Waals surface area contributed by atoms with Gasteiger partial charge in [0, 0.05) is 31.2 Å². The van der Waals surface area contributed by atoms with Crippen LogP contribution in [-0.2, 0) is 0 Å². The van der Waals surface area contributed by atoms with Crippen molar-refractivity contribution >= 4 is 0 Å². The number of nitrogens with zero attached hydrogens (tertiary/aromatic N) is 1. The summed E-state index contributed by atoms with van der Waals surface area (Å²) in [6.07, 6.45) is 5.39. The summed E-state index contributed by atoms with van der Waals surface area (Å²) in [7, 11) is 0. The maximum Gasteiger partial charge on any atom is 0.0304 e. The van der Waals surface area contributed by atoms with Gasteiger partial charge in [0.1, 0.15) is 0 Å². The van der Waals surface area contributed by atoms with Gasteiger partial charge in [-0.1, -0.05) is 20.8 Å². The van der Waals surface area contributed by atoms with Gasteiger partial charge in [-0.05, 0) is 38.0 Å². The van der Waals surface area contributed by atoms with Gasteiger partial charge in [-0.3, -0.25) is 4.90 Å². The molecule has 1 aliphatic carbocycles. The molecule has 2 rings (SSSR count). The molecule has 0 aromatic heterocycles. The molecule has 1 saturated carbocycles. The Bertz CT molecular complexity index is 241. The van der Waals surface area contributed by atoms with Crippen molar-refractivity contribution in [3.05, 3.63) is 0 Å².